The molecule has 1 aromatic rings. The van der Waals surface area contributed by atoms with Crippen LogP contribution in [0.5, 0.6) is 0 Å². The van der Waals surface area contributed by atoms with Crippen molar-refractivity contribution in [1.82, 2.24) is 5.32 Å². The zero-order valence-electron chi connectivity index (χ0n) is 8.80. The fourth-order valence-corrected chi connectivity index (χ4v) is 1.64. The molecule has 0 aromatic heterocycles. The van der Waals surface area contributed by atoms with Crippen LogP contribution in [0, 0.1) is 0 Å². The maximum Gasteiger partial charge on any atom is 0.243 e. The maximum atomic E-state index is 11.4. The van der Waals surface area contributed by atoms with Crippen LogP contribution in [0.3, 0.4) is 0 Å². The Bertz CT molecular complexity index is 461. The molecule has 6 heteroatoms. The fourth-order valence-electron chi connectivity index (χ4n) is 1.02. The van der Waals surface area contributed by atoms with Crippen molar-refractivity contribution in [2.75, 3.05) is 11.9 Å². The molecule has 0 aliphatic heterocycles. The van der Waals surface area contributed by atoms with Crippen LogP contribution in [0.25, 0.3) is 0 Å². The molecule has 0 fully saturated rings. The Hall–Kier alpha value is -1.14. The summed E-state index contributed by atoms with van der Waals surface area (Å²) in [4.78, 5) is 22.3. The lowest BCUT2D eigenvalue weighted by molar-refractivity contribution is -0.121. The van der Waals surface area contributed by atoms with Crippen LogP contribution in [0.1, 0.15) is 0 Å². The molecule has 2 amide bonds. The van der Waals surface area contributed by atoms with Crippen molar-refractivity contribution in [3.05, 3.63) is 39.8 Å². The predicted octanol–water partition coefficient (Wildman–Crippen LogP) is 2.45. The molecule has 0 heterocycles. The van der Waals surface area contributed by atoms with Crippen molar-refractivity contribution in [2.45, 2.75) is 0 Å². The number of nitrogens with one attached hydrogen (secondary N) is 2. The van der Waals surface area contributed by atoms with Gasteiger partial charge in [-0.25, -0.2) is 0 Å². The van der Waals surface area contributed by atoms with Gasteiger partial charge in [-0.2, -0.15) is 0 Å². The summed E-state index contributed by atoms with van der Waals surface area (Å²) in [5.41, 5.74) is 0.651. The predicted molar refractivity (Wildman–Crippen MR) is 73.7 cm³/mol. The lowest BCUT2D eigenvalue weighted by Crippen LogP contribution is -2.31. The number of hydrogen-bond acceptors (Lipinski definition) is 2. The molecule has 17 heavy (non-hydrogen) atoms. The van der Waals surface area contributed by atoms with Gasteiger partial charge in [0.25, 0.3) is 0 Å². The first-order chi connectivity index (χ1) is 8.02. The van der Waals surface area contributed by atoms with E-state index in [2.05, 4.69) is 49.1 Å². The van der Waals surface area contributed by atoms with Gasteiger partial charge in [-0.05, 0) is 56.1 Å². The Morgan fingerprint density at radius 1 is 1.29 bits per heavy atom. The summed E-state index contributed by atoms with van der Waals surface area (Å²) in [6, 6.07) is 5.32. The Labute approximate surface area is 116 Å². The van der Waals surface area contributed by atoms with Gasteiger partial charge in [0.05, 0.1) is 6.54 Å². The second-order valence-corrected chi connectivity index (χ2v) is 4.81. The minimum Gasteiger partial charge on any atom is -0.343 e. The van der Waals surface area contributed by atoms with Gasteiger partial charge in [0.2, 0.25) is 11.8 Å². The van der Waals surface area contributed by atoms with Gasteiger partial charge >= 0.3 is 0 Å². The number of rotatable bonds is 4. The van der Waals surface area contributed by atoms with Crippen LogP contribution in [-0.4, -0.2) is 18.4 Å². The first-order valence-corrected chi connectivity index (χ1v) is 6.26. The summed E-state index contributed by atoms with van der Waals surface area (Å²) in [5.74, 6) is -0.674. The van der Waals surface area contributed by atoms with Crippen molar-refractivity contribution in [1.29, 1.82) is 0 Å². The monoisotopic (exact) mass is 360 g/mol. The van der Waals surface area contributed by atoms with Gasteiger partial charge < -0.3 is 10.6 Å². The van der Waals surface area contributed by atoms with E-state index in [1.165, 1.54) is 0 Å². The second kappa shape index (κ2) is 6.56. The summed E-state index contributed by atoms with van der Waals surface area (Å²) < 4.78 is 1.74. The van der Waals surface area contributed by atoms with E-state index < -0.39 is 0 Å². The number of carbonyl (C=O) groups excluding carboxylic acids is 2. The van der Waals surface area contributed by atoms with E-state index in [1.807, 2.05) is 6.07 Å². The largest absolute Gasteiger partial charge is 0.343 e. The summed E-state index contributed by atoms with van der Waals surface area (Å²) >= 11 is 6.66. The molecule has 1 aromatic carbocycles. The van der Waals surface area contributed by atoms with E-state index >= 15 is 0 Å². The third-order valence-corrected chi connectivity index (χ3v) is 3.69. The molecule has 1 rings (SSSR count). The second-order valence-electron chi connectivity index (χ2n) is 3.10. The molecule has 0 spiro atoms. The van der Waals surface area contributed by atoms with Crippen LogP contribution < -0.4 is 10.6 Å². The van der Waals surface area contributed by atoms with Gasteiger partial charge in [-0.3, -0.25) is 9.59 Å². The van der Waals surface area contributed by atoms with Crippen molar-refractivity contribution in [3.63, 3.8) is 0 Å². The SMILES string of the molecule is C=CC(=O)NCC(=O)Nc1ccc(Br)c(Br)c1. The van der Waals surface area contributed by atoms with E-state index in [1.54, 1.807) is 12.1 Å². The zero-order chi connectivity index (χ0) is 12.8. The van der Waals surface area contributed by atoms with Crippen LogP contribution in [0.4, 0.5) is 5.69 Å². The van der Waals surface area contributed by atoms with Crippen molar-refractivity contribution >= 4 is 49.4 Å². The van der Waals surface area contributed by atoms with Crippen LogP contribution >= 0.6 is 31.9 Å². The Morgan fingerprint density at radius 3 is 2.59 bits per heavy atom. The standard InChI is InChI=1S/C11H10Br2N2O2/c1-2-10(16)14-6-11(17)15-7-3-4-8(12)9(13)5-7/h2-5H,1,6H2,(H,14,16)(H,15,17). The highest BCUT2D eigenvalue weighted by molar-refractivity contribution is 9.13. The Kier molecular flexibility index (Phi) is 5.37. The molecule has 0 aliphatic rings. The molecule has 90 valence electrons. The van der Waals surface area contributed by atoms with E-state index in [0.717, 1.165) is 15.0 Å². The highest BCUT2D eigenvalue weighted by Gasteiger charge is 2.04. The van der Waals surface area contributed by atoms with E-state index in [4.69, 9.17) is 0 Å². The molecule has 0 aliphatic carbocycles. The van der Waals surface area contributed by atoms with Gasteiger partial charge in [0.15, 0.2) is 0 Å². The minimum atomic E-state index is -0.378. The van der Waals surface area contributed by atoms with Crippen molar-refractivity contribution in [3.8, 4) is 0 Å². The van der Waals surface area contributed by atoms with Gasteiger partial charge in [0.1, 0.15) is 0 Å². The molecule has 0 atom stereocenters. The topological polar surface area (TPSA) is 58.2 Å². The summed E-state index contributed by atoms with van der Waals surface area (Å²) in [5, 5.41) is 5.04. The highest BCUT2D eigenvalue weighted by atomic mass is 79.9. The lowest BCUT2D eigenvalue weighted by Gasteiger charge is -2.06. The molecule has 2 N–H and O–H groups in total. The number of anilines is 1. The zero-order valence-corrected chi connectivity index (χ0v) is 12.0. The fraction of sp³-hybridized carbons (Fsp3) is 0.0909. The number of halogens is 2. The molecule has 0 bridgehead atoms. The van der Waals surface area contributed by atoms with Gasteiger partial charge in [-0.1, -0.05) is 6.58 Å². The first-order valence-electron chi connectivity index (χ1n) is 4.68. The van der Waals surface area contributed by atoms with Crippen molar-refractivity contribution in [2.24, 2.45) is 0 Å². The quantitative estimate of drug-likeness (QED) is 0.809. The first kappa shape index (κ1) is 13.9. The number of hydrogen-bond donors (Lipinski definition) is 2. The third kappa shape index (κ3) is 4.70. The average molecular weight is 362 g/mol. The van der Waals surface area contributed by atoms with E-state index in [9.17, 15) is 9.59 Å². The molecular formula is C11H10Br2N2O2. The summed E-state index contributed by atoms with van der Waals surface area (Å²) in [6.45, 7) is 3.20. The van der Waals surface area contributed by atoms with Crippen LogP contribution in [0.2, 0.25) is 0 Å². The van der Waals surface area contributed by atoms with Crippen LogP contribution in [-0.2, 0) is 9.59 Å². The minimum absolute atomic E-state index is 0.0848. The molecule has 0 radical (unpaired) electrons. The average Bonchev–Trinajstić information content (AvgIpc) is 2.31. The Balaban J connectivity index is 2.53. The molecule has 0 saturated heterocycles. The molecule has 4 nitrogen and oxygen atoms in total. The van der Waals surface area contributed by atoms with Gasteiger partial charge in [0, 0.05) is 14.6 Å². The number of carbonyl (C=O) groups is 2. The van der Waals surface area contributed by atoms with Gasteiger partial charge in [-0.15, -0.1) is 0 Å². The van der Waals surface area contributed by atoms with E-state index in [0.29, 0.717) is 5.69 Å². The lowest BCUT2D eigenvalue weighted by atomic mass is 10.3. The van der Waals surface area contributed by atoms with Crippen molar-refractivity contribution < 1.29 is 9.59 Å². The smallest absolute Gasteiger partial charge is 0.243 e. The molecule has 0 unspecified atom stereocenters. The third-order valence-electron chi connectivity index (χ3n) is 1.81. The highest BCUT2D eigenvalue weighted by Crippen LogP contribution is 2.25. The normalized spacial score (nSPS) is 9.53. The number of benzene rings is 1. The molecular weight excluding hydrogens is 352 g/mol. The maximum absolute atomic E-state index is 11.4. The molecule has 0 saturated carbocycles. The van der Waals surface area contributed by atoms with Crippen LogP contribution in [0.15, 0.2) is 39.8 Å². The van der Waals surface area contributed by atoms with E-state index in [-0.39, 0.29) is 18.4 Å². The summed E-state index contributed by atoms with van der Waals surface area (Å²) in [6.07, 6.45) is 1.11. The number of amides is 2. The summed E-state index contributed by atoms with van der Waals surface area (Å²) in [7, 11) is 0. The Morgan fingerprint density at radius 2 is 2.00 bits per heavy atom.